The average Bonchev–Trinajstić information content (AvgIpc) is 2.97. The SMILES string of the molecule is COCCNC(=O)CSc1nc2cc(Cl)ccc2n1Cc1ccccc1. The van der Waals surface area contributed by atoms with Gasteiger partial charge in [-0.15, -0.1) is 0 Å². The van der Waals surface area contributed by atoms with Gasteiger partial charge >= 0.3 is 0 Å². The van der Waals surface area contributed by atoms with Crippen molar-refractivity contribution in [1.29, 1.82) is 0 Å². The smallest absolute Gasteiger partial charge is 0.230 e. The molecular weight excluding hydrogens is 370 g/mol. The Balaban J connectivity index is 1.81. The number of benzene rings is 2. The van der Waals surface area contributed by atoms with Gasteiger partial charge in [0.2, 0.25) is 5.91 Å². The van der Waals surface area contributed by atoms with Crippen molar-refractivity contribution in [2.24, 2.45) is 0 Å². The zero-order valence-electron chi connectivity index (χ0n) is 14.4. The predicted molar refractivity (Wildman–Crippen MR) is 106 cm³/mol. The van der Waals surface area contributed by atoms with Gasteiger partial charge < -0.3 is 14.6 Å². The molecule has 5 nitrogen and oxygen atoms in total. The highest BCUT2D eigenvalue weighted by atomic mass is 35.5. The van der Waals surface area contributed by atoms with Gasteiger partial charge in [-0.05, 0) is 23.8 Å². The number of carbonyl (C=O) groups is 1. The number of methoxy groups -OCH3 is 1. The van der Waals surface area contributed by atoms with Crippen molar-refractivity contribution < 1.29 is 9.53 Å². The maximum atomic E-state index is 12.0. The standard InChI is InChI=1S/C19H20ClN3O2S/c1-25-10-9-21-18(24)13-26-19-22-16-11-15(20)7-8-17(16)23(19)12-14-5-3-2-4-6-14/h2-8,11H,9-10,12-13H2,1H3,(H,21,24). The van der Waals surface area contributed by atoms with Gasteiger partial charge in [0.1, 0.15) is 0 Å². The van der Waals surface area contributed by atoms with E-state index in [0.717, 1.165) is 16.2 Å². The van der Waals surface area contributed by atoms with E-state index >= 15 is 0 Å². The molecule has 0 saturated heterocycles. The molecule has 26 heavy (non-hydrogen) atoms. The number of hydrogen-bond acceptors (Lipinski definition) is 4. The van der Waals surface area contributed by atoms with Crippen LogP contribution in [0.4, 0.5) is 0 Å². The fourth-order valence-electron chi connectivity index (χ4n) is 2.58. The van der Waals surface area contributed by atoms with Crippen molar-refractivity contribution >= 4 is 40.3 Å². The molecule has 1 N–H and O–H groups in total. The van der Waals surface area contributed by atoms with E-state index < -0.39 is 0 Å². The summed E-state index contributed by atoms with van der Waals surface area (Å²) in [7, 11) is 1.61. The quantitative estimate of drug-likeness (QED) is 0.472. The molecule has 0 atom stereocenters. The van der Waals surface area contributed by atoms with Crippen molar-refractivity contribution in [1.82, 2.24) is 14.9 Å². The van der Waals surface area contributed by atoms with Gasteiger partial charge in [-0.1, -0.05) is 53.7 Å². The van der Waals surface area contributed by atoms with Crippen LogP contribution < -0.4 is 5.32 Å². The number of ether oxygens (including phenoxy) is 1. The van der Waals surface area contributed by atoms with Gasteiger partial charge in [0.25, 0.3) is 0 Å². The summed E-state index contributed by atoms with van der Waals surface area (Å²) in [6.07, 6.45) is 0. The van der Waals surface area contributed by atoms with E-state index in [1.807, 2.05) is 36.4 Å². The molecule has 1 amide bonds. The Morgan fingerprint density at radius 2 is 2.08 bits per heavy atom. The van der Waals surface area contributed by atoms with Crippen molar-refractivity contribution in [2.45, 2.75) is 11.7 Å². The zero-order valence-corrected chi connectivity index (χ0v) is 16.0. The third-order valence-electron chi connectivity index (χ3n) is 3.82. The van der Waals surface area contributed by atoms with Crippen LogP contribution in [0.2, 0.25) is 5.02 Å². The molecule has 2 aromatic carbocycles. The first-order chi connectivity index (χ1) is 12.7. The highest BCUT2D eigenvalue weighted by molar-refractivity contribution is 7.99. The van der Waals surface area contributed by atoms with Crippen LogP contribution >= 0.6 is 23.4 Å². The first-order valence-electron chi connectivity index (χ1n) is 8.25. The molecule has 0 radical (unpaired) electrons. The molecule has 136 valence electrons. The fourth-order valence-corrected chi connectivity index (χ4v) is 3.59. The third-order valence-corrected chi connectivity index (χ3v) is 5.03. The van der Waals surface area contributed by atoms with Crippen LogP contribution in [-0.4, -0.2) is 41.5 Å². The highest BCUT2D eigenvalue weighted by Gasteiger charge is 2.14. The van der Waals surface area contributed by atoms with E-state index in [0.29, 0.717) is 30.5 Å². The molecule has 0 aliphatic heterocycles. The Morgan fingerprint density at radius 3 is 2.85 bits per heavy atom. The number of thioether (sulfide) groups is 1. The number of amides is 1. The maximum absolute atomic E-state index is 12.0. The van der Waals surface area contributed by atoms with Gasteiger partial charge in [-0.3, -0.25) is 4.79 Å². The van der Waals surface area contributed by atoms with Crippen LogP contribution in [0, 0.1) is 0 Å². The van der Waals surface area contributed by atoms with Crippen molar-refractivity contribution in [2.75, 3.05) is 26.0 Å². The van der Waals surface area contributed by atoms with Crippen molar-refractivity contribution in [3.8, 4) is 0 Å². The lowest BCUT2D eigenvalue weighted by molar-refractivity contribution is -0.118. The summed E-state index contributed by atoms with van der Waals surface area (Å²) >= 11 is 7.53. The predicted octanol–water partition coefficient (Wildman–Crippen LogP) is 3.59. The molecule has 0 bridgehead atoms. The van der Waals surface area contributed by atoms with E-state index in [1.165, 1.54) is 17.3 Å². The number of fused-ring (bicyclic) bond motifs is 1. The van der Waals surface area contributed by atoms with Gasteiger partial charge in [0.05, 0.1) is 29.9 Å². The summed E-state index contributed by atoms with van der Waals surface area (Å²) < 4.78 is 7.06. The fraction of sp³-hybridized carbons (Fsp3) is 0.263. The average molecular weight is 390 g/mol. The number of rotatable bonds is 8. The Morgan fingerprint density at radius 1 is 1.27 bits per heavy atom. The molecule has 0 unspecified atom stereocenters. The minimum absolute atomic E-state index is 0.0385. The molecule has 7 heteroatoms. The van der Waals surface area contributed by atoms with E-state index in [2.05, 4.69) is 27.0 Å². The molecule has 3 rings (SSSR count). The summed E-state index contributed by atoms with van der Waals surface area (Å²) in [5, 5.41) is 4.27. The lowest BCUT2D eigenvalue weighted by atomic mass is 10.2. The summed E-state index contributed by atoms with van der Waals surface area (Å²) in [5.41, 5.74) is 3.00. The van der Waals surface area contributed by atoms with Crippen LogP contribution in [0.5, 0.6) is 0 Å². The van der Waals surface area contributed by atoms with Crippen LogP contribution in [0.15, 0.2) is 53.7 Å². The minimum atomic E-state index is -0.0385. The zero-order chi connectivity index (χ0) is 18.4. The van der Waals surface area contributed by atoms with Crippen molar-refractivity contribution in [3.05, 3.63) is 59.1 Å². The van der Waals surface area contributed by atoms with Gasteiger partial charge in [-0.25, -0.2) is 4.98 Å². The van der Waals surface area contributed by atoms with Crippen molar-refractivity contribution in [3.63, 3.8) is 0 Å². The second-order valence-electron chi connectivity index (χ2n) is 5.73. The summed E-state index contributed by atoms with van der Waals surface area (Å²) in [6, 6.07) is 15.9. The summed E-state index contributed by atoms with van der Waals surface area (Å²) in [6.45, 7) is 1.69. The van der Waals surface area contributed by atoms with Gasteiger partial charge in [-0.2, -0.15) is 0 Å². The Kier molecular flexibility index (Phi) is 6.55. The summed E-state index contributed by atoms with van der Waals surface area (Å²) in [4.78, 5) is 16.7. The first kappa shape index (κ1) is 18.8. The molecule has 0 aliphatic rings. The number of nitrogens with one attached hydrogen (secondary N) is 1. The van der Waals surface area contributed by atoms with Gasteiger partial charge in [0, 0.05) is 18.7 Å². The lowest BCUT2D eigenvalue weighted by Crippen LogP contribution is -2.28. The number of halogens is 1. The van der Waals surface area contributed by atoms with E-state index in [9.17, 15) is 4.79 Å². The Labute approximate surface area is 161 Å². The monoisotopic (exact) mass is 389 g/mol. The number of aromatic nitrogens is 2. The highest BCUT2D eigenvalue weighted by Crippen LogP contribution is 2.27. The number of hydrogen-bond donors (Lipinski definition) is 1. The van der Waals surface area contributed by atoms with Gasteiger partial charge in [0.15, 0.2) is 5.16 Å². The van der Waals surface area contributed by atoms with Crippen LogP contribution in [0.3, 0.4) is 0 Å². The number of carbonyl (C=O) groups excluding carboxylic acids is 1. The minimum Gasteiger partial charge on any atom is -0.383 e. The van der Waals surface area contributed by atoms with Crippen LogP contribution in [0.25, 0.3) is 11.0 Å². The van der Waals surface area contributed by atoms with E-state index in [-0.39, 0.29) is 5.91 Å². The second kappa shape index (κ2) is 9.07. The molecule has 0 aliphatic carbocycles. The first-order valence-corrected chi connectivity index (χ1v) is 9.62. The number of imidazole rings is 1. The topological polar surface area (TPSA) is 56.1 Å². The van der Waals surface area contributed by atoms with Crippen LogP contribution in [0.1, 0.15) is 5.56 Å². The van der Waals surface area contributed by atoms with Crippen LogP contribution in [-0.2, 0) is 16.1 Å². The molecular formula is C19H20ClN3O2S. The molecule has 1 aromatic heterocycles. The molecule has 1 heterocycles. The lowest BCUT2D eigenvalue weighted by Gasteiger charge is -2.09. The number of nitrogens with zero attached hydrogens (tertiary/aromatic N) is 2. The Bertz CT molecular complexity index is 883. The van der Waals surface area contributed by atoms with E-state index in [1.54, 1.807) is 7.11 Å². The van der Waals surface area contributed by atoms with E-state index in [4.69, 9.17) is 16.3 Å². The second-order valence-corrected chi connectivity index (χ2v) is 7.11. The molecule has 0 fully saturated rings. The largest absolute Gasteiger partial charge is 0.383 e. The maximum Gasteiger partial charge on any atom is 0.230 e. The molecule has 0 spiro atoms. The molecule has 3 aromatic rings. The third kappa shape index (κ3) is 4.78. The Hall–Kier alpha value is -2.02. The molecule has 0 saturated carbocycles. The summed E-state index contributed by atoms with van der Waals surface area (Å²) in [5.74, 6) is 0.263. The normalized spacial score (nSPS) is 11.0.